The van der Waals surface area contributed by atoms with Crippen molar-refractivity contribution in [1.29, 1.82) is 0 Å². The molecule has 0 unspecified atom stereocenters. The molecule has 0 saturated heterocycles. The van der Waals surface area contributed by atoms with Crippen LogP contribution in [0.25, 0.3) is 0 Å². The van der Waals surface area contributed by atoms with Gasteiger partial charge in [0.05, 0.1) is 10.6 Å². The maximum Gasteiger partial charge on any atom is 0.255 e. The summed E-state index contributed by atoms with van der Waals surface area (Å²) in [6, 6.07) is 5.26. The van der Waals surface area contributed by atoms with E-state index in [0.29, 0.717) is 12.1 Å². The van der Waals surface area contributed by atoms with Crippen LogP contribution in [0, 0.1) is 0 Å². The minimum atomic E-state index is -0.168. The Kier molecular flexibility index (Phi) is 3.97. The van der Waals surface area contributed by atoms with Crippen LogP contribution in [0.3, 0.4) is 0 Å². The second kappa shape index (κ2) is 5.67. The fourth-order valence-electron chi connectivity index (χ4n) is 1.62. The molecule has 1 amide bonds. The van der Waals surface area contributed by atoms with E-state index < -0.39 is 0 Å². The van der Waals surface area contributed by atoms with E-state index in [9.17, 15) is 4.79 Å². The van der Waals surface area contributed by atoms with Crippen LogP contribution < -0.4 is 5.73 Å². The quantitative estimate of drug-likeness (QED) is 0.930. The summed E-state index contributed by atoms with van der Waals surface area (Å²) in [4.78, 5) is 21.6. The van der Waals surface area contributed by atoms with Crippen LogP contribution in [-0.2, 0) is 6.54 Å². The number of nitrogens with two attached hydrogens (primary N) is 1. The SMILES string of the molecule is CN(Cc1cccnc1)C(=O)c1cnc(N)c(Cl)c1. The van der Waals surface area contributed by atoms with Gasteiger partial charge in [0.15, 0.2) is 0 Å². The van der Waals surface area contributed by atoms with Crippen molar-refractivity contribution in [2.45, 2.75) is 6.54 Å². The molecular formula is C13H13ClN4O. The Morgan fingerprint density at radius 3 is 2.89 bits per heavy atom. The van der Waals surface area contributed by atoms with Crippen LogP contribution in [-0.4, -0.2) is 27.8 Å². The first-order chi connectivity index (χ1) is 9.08. The van der Waals surface area contributed by atoms with Crippen molar-refractivity contribution in [2.75, 3.05) is 12.8 Å². The summed E-state index contributed by atoms with van der Waals surface area (Å²) in [7, 11) is 1.71. The molecule has 2 heterocycles. The Labute approximate surface area is 116 Å². The number of aromatic nitrogens is 2. The fourth-order valence-corrected chi connectivity index (χ4v) is 1.79. The molecule has 0 aliphatic heterocycles. The van der Waals surface area contributed by atoms with Crippen molar-refractivity contribution in [1.82, 2.24) is 14.9 Å². The molecule has 0 spiro atoms. The van der Waals surface area contributed by atoms with E-state index in [2.05, 4.69) is 9.97 Å². The van der Waals surface area contributed by atoms with Crippen molar-refractivity contribution in [3.63, 3.8) is 0 Å². The third kappa shape index (κ3) is 3.20. The second-order valence-electron chi connectivity index (χ2n) is 4.11. The molecule has 98 valence electrons. The van der Waals surface area contributed by atoms with Gasteiger partial charge in [-0.2, -0.15) is 0 Å². The Balaban J connectivity index is 2.12. The summed E-state index contributed by atoms with van der Waals surface area (Å²) in [6.07, 6.45) is 4.83. The number of anilines is 1. The lowest BCUT2D eigenvalue weighted by Gasteiger charge is -2.17. The van der Waals surface area contributed by atoms with E-state index in [1.807, 2.05) is 12.1 Å². The second-order valence-corrected chi connectivity index (χ2v) is 4.52. The van der Waals surface area contributed by atoms with Gasteiger partial charge in [-0.05, 0) is 17.7 Å². The monoisotopic (exact) mass is 276 g/mol. The molecular weight excluding hydrogens is 264 g/mol. The van der Waals surface area contributed by atoms with E-state index in [0.717, 1.165) is 5.56 Å². The van der Waals surface area contributed by atoms with E-state index >= 15 is 0 Å². The van der Waals surface area contributed by atoms with E-state index in [4.69, 9.17) is 17.3 Å². The average molecular weight is 277 g/mol. The summed E-state index contributed by atoms with van der Waals surface area (Å²) < 4.78 is 0. The highest BCUT2D eigenvalue weighted by Crippen LogP contribution is 2.18. The third-order valence-electron chi connectivity index (χ3n) is 2.61. The number of hydrogen-bond acceptors (Lipinski definition) is 4. The van der Waals surface area contributed by atoms with E-state index in [-0.39, 0.29) is 16.7 Å². The summed E-state index contributed by atoms with van der Waals surface area (Å²) in [5.74, 6) is 0.0476. The molecule has 2 aromatic heterocycles. The number of hydrogen-bond donors (Lipinski definition) is 1. The van der Waals surface area contributed by atoms with E-state index in [1.54, 1.807) is 24.3 Å². The minimum Gasteiger partial charge on any atom is -0.382 e. The lowest BCUT2D eigenvalue weighted by atomic mass is 10.2. The molecule has 6 heteroatoms. The molecule has 5 nitrogen and oxygen atoms in total. The number of amides is 1. The highest BCUT2D eigenvalue weighted by Gasteiger charge is 2.13. The molecule has 0 bridgehead atoms. The van der Waals surface area contributed by atoms with Crippen molar-refractivity contribution in [3.05, 3.63) is 52.9 Å². The third-order valence-corrected chi connectivity index (χ3v) is 2.91. The zero-order chi connectivity index (χ0) is 13.8. The summed E-state index contributed by atoms with van der Waals surface area (Å²) in [6.45, 7) is 0.467. The normalized spacial score (nSPS) is 10.2. The number of pyridine rings is 2. The number of carbonyl (C=O) groups excluding carboxylic acids is 1. The van der Waals surface area contributed by atoms with Gasteiger partial charge < -0.3 is 10.6 Å². The predicted molar refractivity (Wildman–Crippen MR) is 73.7 cm³/mol. The van der Waals surface area contributed by atoms with Crippen LogP contribution in [0.4, 0.5) is 5.82 Å². The highest BCUT2D eigenvalue weighted by molar-refractivity contribution is 6.33. The van der Waals surface area contributed by atoms with Gasteiger partial charge in [-0.3, -0.25) is 9.78 Å². The molecule has 2 N–H and O–H groups in total. The van der Waals surface area contributed by atoms with Crippen molar-refractivity contribution < 1.29 is 4.79 Å². The number of nitrogen functional groups attached to an aromatic ring is 1. The Morgan fingerprint density at radius 1 is 1.47 bits per heavy atom. The van der Waals surface area contributed by atoms with Gasteiger partial charge in [-0.1, -0.05) is 17.7 Å². The summed E-state index contributed by atoms with van der Waals surface area (Å²) in [5.41, 5.74) is 6.87. The zero-order valence-electron chi connectivity index (χ0n) is 10.4. The molecule has 0 radical (unpaired) electrons. The molecule has 0 saturated carbocycles. The Morgan fingerprint density at radius 2 is 2.26 bits per heavy atom. The topological polar surface area (TPSA) is 72.1 Å². The first kappa shape index (κ1) is 13.3. The van der Waals surface area contributed by atoms with Crippen LogP contribution in [0.1, 0.15) is 15.9 Å². The van der Waals surface area contributed by atoms with Crippen molar-refractivity contribution in [2.24, 2.45) is 0 Å². The largest absolute Gasteiger partial charge is 0.382 e. The Bertz CT molecular complexity index is 588. The highest BCUT2D eigenvalue weighted by atomic mass is 35.5. The molecule has 0 aromatic carbocycles. The molecule has 0 fully saturated rings. The standard InChI is InChI=1S/C13H13ClN4O/c1-18(8-9-3-2-4-16-6-9)13(19)10-5-11(14)12(15)17-7-10/h2-7H,8H2,1H3,(H2,15,17). The lowest BCUT2D eigenvalue weighted by Crippen LogP contribution is -2.26. The van der Waals surface area contributed by atoms with Crippen LogP contribution in [0.2, 0.25) is 5.02 Å². The Hall–Kier alpha value is -2.14. The molecule has 0 aliphatic carbocycles. The van der Waals surface area contributed by atoms with Crippen molar-refractivity contribution >= 4 is 23.3 Å². The fraction of sp³-hybridized carbons (Fsp3) is 0.154. The minimum absolute atomic E-state index is 0.168. The van der Waals surface area contributed by atoms with Gasteiger partial charge in [-0.15, -0.1) is 0 Å². The maximum atomic E-state index is 12.2. The smallest absolute Gasteiger partial charge is 0.255 e. The van der Waals surface area contributed by atoms with Gasteiger partial charge in [-0.25, -0.2) is 4.98 Å². The maximum absolute atomic E-state index is 12.2. The summed E-state index contributed by atoms with van der Waals surface area (Å²) in [5, 5.41) is 0.278. The van der Waals surface area contributed by atoms with Gasteiger partial charge in [0.25, 0.3) is 5.91 Å². The first-order valence-electron chi connectivity index (χ1n) is 5.63. The van der Waals surface area contributed by atoms with Gasteiger partial charge >= 0.3 is 0 Å². The number of nitrogens with zero attached hydrogens (tertiary/aromatic N) is 3. The molecule has 19 heavy (non-hydrogen) atoms. The van der Waals surface area contributed by atoms with Crippen LogP contribution in [0.5, 0.6) is 0 Å². The molecule has 0 atom stereocenters. The molecule has 0 aliphatic rings. The van der Waals surface area contributed by atoms with Gasteiger partial charge in [0.1, 0.15) is 5.82 Å². The van der Waals surface area contributed by atoms with Crippen LogP contribution >= 0.6 is 11.6 Å². The number of carbonyl (C=O) groups is 1. The van der Waals surface area contributed by atoms with Gasteiger partial charge in [0.2, 0.25) is 0 Å². The molecule has 2 aromatic rings. The lowest BCUT2D eigenvalue weighted by molar-refractivity contribution is 0.0784. The molecule has 2 rings (SSSR count). The first-order valence-corrected chi connectivity index (χ1v) is 6.01. The number of rotatable bonds is 3. The number of halogens is 1. The predicted octanol–water partition coefficient (Wildman–Crippen LogP) is 1.98. The van der Waals surface area contributed by atoms with Gasteiger partial charge in [0, 0.05) is 32.2 Å². The zero-order valence-corrected chi connectivity index (χ0v) is 11.1. The average Bonchev–Trinajstić information content (AvgIpc) is 2.42. The van der Waals surface area contributed by atoms with Crippen molar-refractivity contribution in [3.8, 4) is 0 Å². The van der Waals surface area contributed by atoms with Crippen LogP contribution in [0.15, 0.2) is 36.8 Å². The van der Waals surface area contributed by atoms with E-state index in [1.165, 1.54) is 12.3 Å². The summed E-state index contributed by atoms with van der Waals surface area (Å²) >= 11 is 5.85.